The molecule has 1 aromatic heterocycles. The summed E-state index contributed by atoms with van der Waals surface area (Å²) < 4.78 is 10.9. The van der Waals surface area contributed by atoms with Crippen LogP contribution in [-0.2, 0) is 6.61 Å². The number of nitrogens with two attached hydrogens (primary N) is 1. The monoisotopic (exact) mass is 291 g/mol. The Hall–Kier alpha value is -2.45. The van der Waals surface area contributed by atoms with Crippen LogP contribution >= 0.6 is 0 Å². The van der Waals surface area contributed by atoms with Gasteiger partial charge in [0.25, 0.3) is 0 Å². The van der Waals surface area contributed by atoms with E-state index in [1.807, 2.05) is 13.8 Å². The normalized spacial score (nSPS) is 10.5. The fraction of sp³-hybridized carbons (Fsp3) is 0.308. The van der Waals surface area contributed by atoms with E-state index in [4.69, 9.17) is 20.4 Å². The molecule has 4 N–H and O–H groups in total. The molecule has 0 spiro atoms. The van der Waals surface area contributed by atoms with Gasteiger partial charge in [-0.1, -0.05) is 12.1 Å². The maximum atomic E-state index is 9.11. The number of ether oxygens (including phenoxy) is 2. The van der Waals surface area contributed by atoms with E-state index in [2.05, 4.69) is 20.4 Å². The molecule has 8 heteroatoms. The number of nitrogens with zero attached hydrogens (tertiary/aromatic N) is 3. The second kappa shape index (κ2) is 6.82. The number of anilines is 1. The van der Waals surface area contributed by atoms with E-state index in [1.54, 1.807) is 24.3 Å². The third kappa shape index (κ3) is 4.26. The first-order valence-electron chi connectivity index (χ1n) is 6.37. The fourth-order valence-corrected chi connectivity index (χ4v) is 1.52. The van der Waals surface area contributed by atoms with E-state index >= 15 is 0 Å². The molecule has 2 rings (SSSR count). The van der Waals surface area contributed by atoms with Crippen molar-refractivity contribution in [3.8, 4) is 17.8 Å². The lowest BCUT2D eigenvalue weighted by atomic mass is 10.2. The molecule has 21 heavy (non-hydrogen) atoms. The molecule has 0 aliphatic carbocycles. The summed E-state index contributed by atoms with van der Waals surface area (Å²) in [5.74, 6) is 5.94. The number of benzene rings is 1. The zero-order valence-electron chi connectivity index (χ0n) is 11.8. The first kappa shape index (κ1) is 14.9. The first-order valence-corrected chi connectivity index (χ1v) is 6.37. The van der Waals surface area contributed by atoms with Gasteiger partial charge < -0.3 is 14.6 Å². The maximum Gasteiger partial charge on any atom is 0.330 e. The summed E-state index contributed by atoms with van der Waals surface area (Å²) in [7, 11) is 0. The smallest absolute Gasteiger partial charge is 0.330 e. The van der Waals surface area contributed by atoms with E-state index in [-0.39, 0.29) is 30.7 Å². The van der Waals surface area contributed by atoms with Crippen LogP contribution in [0.5, 0.6) is 17.8 Å². The average molecular weight is 291 g/mol. The fourth-order valence-electron chi connectivity index (χ4n) is 1.52. The van der Waals surface area contributed by atoms with Crippen LogP contribution in [0.3, 0.4) is 0 Å². The minimum absolute atomic E-state index is 0.0451. The molecule has 1 heterocycles. The van der Waals surface area contributed by atoms with E-state index < -0.39 is 0 Å². The van der Waals surface area contributed by atoms with Crippen LogP contribution in [0.4, 0.5) is 5.95 Å². The van der Waals surface area contributed by atoms with Gasteiger partial charge in [-0.3, -0.25) is 5.43 Å². The molecular weight excluding hydrogens is 274 g/mol. The summed E-state index contributed by atoms with van der Waals surface area (Å²) in [4.78, 5) is 12.0. The van der Waals surface area contributed by atoms with E-state index in [0.717, 1.165) is 5.56 Å². The van der Waals surface area contributed by atoms with Gasteiger partial charge in [-0.05, 0) is 31.5 Å². The largest absolute Gasteiger partial charge is 0.461 e. The van der Waals surface area contributed by atoms with Crippen molar-refractivity contribution in [2.75, 3.05) is 5.43 Å². The highest BCUT2D eigenvalue weighted by atomic mass is 16.5. The Bertz CT molecular complexity index is 606. The lowest BCUT2D eigenvalue weighted by Crippen LogP contribution is -2.14. The summed E-state index contributed by atoms with van der Waals surface area (Å²) in [6.45, 7) is 3.63. The Morgan fingerprint density at radius 3 is 2.67 bits per heavy atom. The number of aliphatic hydroxyl groups excluding tert-OH is 1. The van der Waals surface area contributed by atoms with Crippen LogP contribution in [0.15, 0.2) is 24.3 Å². The molecule has 0 atom stereocenters. The van der Waals surface area contributed by atoms with Crippen LogP contribution in [0.1, 0.15) is 19.4 Å². The first-order chi connectivity index (χ1) is 10.1. The summed E-state index contributed by atoms with van der Waals surface area (Å²) in [6.07, 6.45) is -0.0939. The Balaban J connectivity index is 2.25. The lowest BCUT2D eigenvalue weighted by molar-refractivity contribution is 0.218. The summed E-state index contributed by atoms with van der Waals surface area (Å²) in [5.41, 5.74) is 3.05. The number of hydrazine groups is 1. The number of aliphatic hydroxyl groups is 1. The van der Waals surface area contributed by atoms with Crippen LogP contribution < -0.4 is 20.7 Å². The summed E-state index contributed by atoms with van der Waals surface area (Å²) in [5, 5.41) is 9.11. The molecule has 0 aliphatic heterocycles. The molecular formula is C13H17N5O3. The molecule has 0 aliphatic rings. The van der Waals surface area contributed by atoms with Crippen LogP contribution in [-0.4, -0.2) is 26.2 Å². The zero-order valence-corrected chi connectivity index (χ0v) is 11.8. The number of hydrogen-bond donors (Lipinski definition) is 3. The van der Waals surface area contributed by atoms with Crippen molar-refractivity contribution < 1.29 is 14.6 Å². The molecule has 0 saturated heterocycles. The quantitative estimate of drug-likeness (QED) is 0.537. The Morgan fingerprint density at radius 2 is 2.00 bits per heavy atom. The predicted molar refractivity (Wildman–Crippen MR) is 75.8 cm³/mol. The number of rotatable bonds is 6. The van der Waals surface area contributed by atoms with Crippen molar-refractivity contribution >= 4 is 5.95 Å². The molecule has 112 valence electrons. The van der Waals surface area contributed by atoms with Crippen molar-refractivity contribution in [3.63, 3.8) is 0 Å². The van der Waals surface area contributed by atoms with Crippen molar-refractivity contribution in [1.82, 2.24) is 15.0 Å². The molecule has 0 radical (unpaired) electrons. The molecule has 0 saturated carbocycles. The Morgan fingerprint density at radius 1 is 1.24 bits per heavy atom. The van der Waals surface area contributed by atoms with Crippen LogP contribution in [0.25, 0.3) is 0 Å². The van der Waals surface area contributed by atoms with Crippen molar-refractivity contribution in [1.29, 1.82) is 0 Å². The minimum atomic E-state index is -0.0939. The van der Waals surface area contributed by atoms with Gasteiger partial charge in [0, 0.05) is 0 Å². The number of nitrogen functional groups attached to an aromatic ring is 1. The third-order valence-corrected chi connectivity index (χ3v) is 2.35. The summed E-state index contributed by atoms with van der Waals surface area (Å²) >= 11 is 0. The van der Waals surface area contributed by atoms with Crippen LogP contribution in [0.2, 0.25) is 0 Å². The van der Waals surface area contributed by atoms with Gasteiger partial charge in [0.15, 0.2) is 0 Å². The predicted octanol–water partition coefficient (Wildman–Crippen LogP) is 1.23. The topological polar surface area (TPSA) is 115 Å². The van der Waals surface area contributed by atoms with E-state index in [0.29, 0.717) is 5.75 Å². The molecule has 0 fully saturated rings. The molecule has 0 amide bonds. The highest BCUT2D eigenvalue weighted by molar-refractivity contribution is 5.32. The van der Waals surface area contributed by atoms with Crippen LogP contribution in [0, 0.1) is 0 Å². The standard InChI is InChI=1S/C13H17N5O3/c1-8(2)20-12-15-11(18-14)16-13(17-12)21-10-5-3-4-9(6-10)7-19/h3-6,8,19H,7,14H2,1-2H3,(H,15,16,17,18). The molecule has 0 bridgehead atoms. The number of hydrogen-bond acceptors (Lipinski definition) is 8. The van der Waals surface area contributed by atoms with Gasteiger partial charge in [0.1, 0.15) is 5.75 Å². The molecule has 1 aromatic carbocycles. The highest BCUT2D eigenvalue weighted by Crippen LogP contribution is 2.21. The van der Waals surface area contributed by atoms with Gasteiger partial charge in [-0.15, -0.1) is 4.98 Å². The average Bonchev–Trinajstić information content (AvgIpc) is 2.46. The van der Waals surface area contributed by atoms with E-state index in [9.17, 15) is 0 Å². The van der Waals surface area contributed by atoms with Crippen molar-refractivity contribution in [2.24, 2.45) is 5.84 Å². The summed E-state index contributed by atoms with van der Waals surface area (Å²) in [6, 6.07) is 7.10. The zero-order chi connectivity index (χ0) is 15.2. The molecule has 2 aromatic rings. The number of nitrogens with one attached hydrogen (secondary N) is 1. The molecule has 0 unspecified atom stereocenters. The third-order valence-electron chi connectivity index (χ3n) is 2.35. The number of aromatic nitrogens is 3. The Labute approximate surface area is 121 Å². The van der Waals surface area contributed by atoms with Crippen molar-refractivity contribution in [3.05, 3.63) is 29.8 Å². The maximum absolute atomic E-state index is 9.11. The highest BCUT2D eigenvalue weighted by Gasteiger charge is 2.10. The van der Waals surface area contributed by atoms with Gasteiger partial charge in [-0.25, -0.2) is 5.84 Å². The second-order valence-corrected chi connectivity index (χ2v) is 4.44. The lowest BCUT2D eigenvalue weighted by Gasteiger charge is -2.10. The van der Waals surface area contributed by atoms with Crippen molar-refractivity contribution in [2.45, 2.75) is 26.6 Å². The molecule has 8 nitrogen and oxygen atoms in total. The van der Waals surface area contributed by atoms with Gasteiger partial charge in [0.05, 0.1) is 12.7 Å². The SMILES string of the molecule is CC(C)Oc1nc(NN)nc(Oc2cccc(CO)c2)n1. The second-order valence-electron chi connectivity index (χ2n) is 4.44. The van der Waals surface area contributed by atoms with Gasteiger partial charge in [-0.2, -0.15) is 9.97 Å². The van der Waals surface area contributed by atoms with E-state index in [1.165, 1.54) is 0 Å². The Kier molecular flexibility index (Phi) is 4.85. The minimum Gasteiger partial charge on any atom is -0.461 e. The van der Waals surface area contributed by atoms with Gasteiger partial charge in [0.2, 0.25) is 5.95 Å². The van der Waals surface area contributed by atoms with Gasteiger partial charge >= 0.3 is 12.0 Å².